The second kappa shape index (κ2) is 5.40. The molecule has 6 heteroatoms. The van der Waals surface area contributed by atoms with Gasteiger partial charge in [-0.1, -0.05) is 18.2 Å². The molecule has 1 N–H and O–H groups in total. The molecular weight excluding hydrogens is 260 g/mol. The molecule has 2 fully saturated rings. The van der Waals surface area contributed by atoms with Crippen LogP contribution < -0.4 is 10.1 Å². The smallest absolute Gasteiger partial charge is 0.407 e. The third-order valence-electron chi connectivity index (χ3n) is 3.47. The zero-order chi connectivity index (χ0) is 13.9. The second-order valence-corrected chi connectivity index (χ2v) is 4.92. The Morgan fingerprint density at radius 2 is 2.15 bits per heavy atom. The lowest BCUT2D eigenvalue weighted by molar-refractivity contribution is -0.132. The molecule has 2 heterocycles. The van der Waals surface area contributed by atoms with Gasteiger partial charge >= 0.3 is 6.09 Å². The van der Waals surface area contributed by atoms with Crippen LogP contribution in [0.4, 0.5) is 4.79 Å². The van der Waals surface area contributed by atoms with Crippen molar-refractivity contribution in [3.05, 3.63) is 30.3 Å². The van der Waals surface area contributed by atoms with Crippen molar-refractivity contribution in [2.24, 2.45) is 0 Å². The number of likely N-dealkylation sites (tertiary alicyclic amines) is 1. The van der Waals surface area contributed by atoms with Crippen molar-refractivity contribution in [3.63, 3.8) is 0 Å². The van der Waals surface area contributed by atoms with Crippen LogP contribution in [0.1, 0.15) is 6.42 Å². The summed E-state index contributed by atoms with van der Waals surface area (Å²) in [5.41, 5.74) is 0. The summed E-state index contributed by atoms with van der Waals surface area (Å²) in [6.07, 6.45) is 0.265. The fourth-order valence-electron chi connectivity index (χ4n) is 2.45. The first kappa shape index (κ1) is 12.8. The van der Waals surface area contributed by atoms with Gasteiger partial charge in [0.2, 0.25) is 5.91 Å². The molecule has 0 bridgehead atoms. The van der Waals surface area contributed by atoms with E-state index in [0.29, 0.717) is 13.1 Å². The van der Waals surface area contributed by atoms with Gasteiger partial charge in [-0.05, 0) is 12.1 Å². The quantitative estimate of drug-likeness (QED) is 0.885. The van der Waals surface area contributed by atoms with Gasteiger partial charge in [0.1, 0.15) is 24.5 Å². The molecule has 3 rings (SSSR count). The highest BCUT2D eigenvalue weighted by Crippen LogP contribution is 2.19. The summed E-state index contributed by atoms with van der Waals surface area (Å²) in [6, 6.07) is 9.00. The Balaban J connectivity index is 1.54. The van der Waals surface area contributed by atoms with Crippen LogP contribution in [-0.2, 0) is 9.53 Å². The Kier molecular flexibility index (Phi) is 3.45. The fourth-order valence-corrected chi connectivity index (χ4v) is 2.45. The molecule has 0 unspecified atom stereocenters. The number of ether oxygens (including phenoxy) is 2. The van der Waals surface area contributed by atoms with Crippen molar-refractivity contribution in [2.45, 2.75) is 18.6 Å². The lowest BCUT2D eigenvalue weighted by Gasteiger charge is -2.19. The van der Waals surface area contributed by atoms with Crippen molar-refractivity contribution < 1.29 is 19.1 Å². The molecule has 0 aromatic heterocycles. The number of nitrogens with one attached hydrogen (secondary N) is 1. The zero-order valence-electron chi connectivity index (χ0n) is 11.0. The summed E-state index contributed by atoms with van der Waals surface area (Å²) in [5.74, 6) is 0.708. The third-order valence-corrected chi connectivity index (χ3v) is 3.47. The molecule has 20 heavy (non-hydrogen) atoms. The molecule has 2 saturated heterocycles. The normalized spacial score (nSPS) is 25.2. The molecule has 6 nitrogen and oxygen atoms in total. The first-order chi connectivity index (χ1) is 9.72. The number of amides is 2. The van der Waals surface area contributed by atoms with Crippen molar-refractivity contribution in [3.8, 4) is 5.75 Å². The molecule has 2 aliphatic heterocycles. The van der Waals surface area contributed by atoms with Crippen molar-refractivity contribution >= 4 is 12.0 Å². The topological polar surface area (TPSA) is 67.9 Å². The summed E-state index contributed by atoms with van der Waals surface area (Å²) < 4.78 is 10.6. The summed E-state index contributed by atoms with van der Waals surface area (Å²) in [6.45, 7) is 1.29. The summed E-state index contributed by atoms with van der Waals surface area (Å²) in [5, 5.41) is 2.50. The molecule has 2 atom stereocenters. The minimum Gasteiger partial charge on any atom is -0.489 e. The van der Waals surface area contributed by atoms with Gasteiger partial charge < -0.3 is 19.7 Å². The number of alkyl carbamates (subject to hydrolysis) is 1. The minimum absolute atomic E-state index is 0.000581. The zero-order valence-corrected chi connectivity index (χ0v) is 11.0. The maximum Gasteiger partial charge on any atom is 0.407 e. The van der Waals surface area contributed by atoms with E-state index in [9.17, 15) is 9.59 Å². The first-order valence-electron chi connectivity index (χ1n) is 6.66. The van der Waals surface area contributed by atoms with Crippen molar-refractivity contribution in [1.82, 2.24) is 10.2 Å². The molecule has 2 amide bonds. The largest absolute Gasteiger partial charge is 0.489 e. The average molecular weight is 276 g/mol. The van der Waals surface area contributed by atoms with Crippen LogP contribution in [0.5, 0.6) is 5.75 Å². The van der Waals surface area contributed by atoms with Gasteiger partial charge in [-0.3, -0.25) is 4.79 Å². The molecule has 106 valence electrons. The van der Waals surface area contributed by atoms with Crippen molar-refractivity contribution in [1.29, 1.82) is 0 Å². The van der Waals surface area contributed by atoms with E-state index in [0.717, 1.165) is 12.2 Å². The lowest BCUT2D eigenvalue weighted by atomic mass is 10.3. The van der Waals surface area contributed by atoms with Gasteiger partial charge in [-0.15, -0.1) is 0 Å². The fraction of sp³-hybridized carbons (Fsp3) is 0.429. The van der Waals surface area contributed by atoms with E-state index in [1.807, 2.05) is 30.3 Å². The molecule has 0 spiro atoms. The highest BCUT2D eigenvalue weighted by atomic mass is 16.6. The van der Waals surface area contributed by atoms with Gasteiger partial charge in [0.15, 0.2) is 0 Å². The number of para-hydroxylation sites is 1. The molecule has 1 aromatic rings. The van der Waals surface area contributed by atoms with E-state index in [4.69, 9.17) is 9.47 Å². The van der Waals surface area contributed by atoms with E-state index in [1.165, 1.54) is 0 Å². The molecular formula is C14H16N2O4. The molecule has 0 radical (unpaired) electrons. The lowest BCUT2D eigenvalue weighted by Crippen LogP contribution is -2.45. The summed E-state index contributed by atoms with van der Waals surface area (Å²) in [4.78, 5) is 24.8. The van der Waals surface area contributed by atoms with E-state index < -0.39 is 12.1 Å². The number of cyclic esters (lactones) is 1. The Bertz CT molecular complexity index is 505. The average Bonchev–Trinajstić information content (AvgIpc) is 3.08. The van der Waals surface area contributed by atoms with Gasteiger partial charge in [0.05, 0.1) is 6.54 Å². The van der Waals surface area contributed by atoms with Crippen LogP contribution in [0.15, 0.2) is 30.3 Å². The Hall–Kier alpha value is -2.24. The molecule has 2 aliphatic rings. The summed E-state index contributed by atoms with van der Waals surface area (Å²) >= 11 is 0. The standard InChI is InChI=1S/C14H16N2O4/c17-13(12-9-19-14(18)15-12)16-7-6-11(8-16)20-10-4-2-1-3-5-10/h1-5,11-12H,6-9H2,(H,15,18)/t11-,12+/m1/s1. The maximum absolute atomic E-state index is 12.2. The van der Waals surface area contributed by atoms with Crippen LogP contribution in [-0.4, -0.2) is 48.7 Å². The van der Waals surface area contributed by atoms with Crippen LogP contribution in [0.25, 0.3) is 0 Å². The predicted molar refractivity (Wildman–Crippen MR) is 70.3 cm³/mol. The number of hydrogen-bond acceptors (Lipinski definition) is 4. The highest BCUT2D eigenvalue weighted by molar-refractivity contribution is 5.88. The maximum atomic E-state index is 12.2. The Labute approximate surface area is 116 Å². The van der Waals surface area contributed by atoms with E-state index >= 15 is 0 Å². The van der Waals surface area contributed by atoms with E-state index in [2.05, 4.69) is 5.32 Å². The van der Waals surface area contributed by atoms with E-state index in [1.54, 1.807) is 4.90 Å². The van der Waals surface area contributed by atoms with Crippen LogP contribution in [0, 0.1) is 0 Å². The number of carbonyl (C=O) groups is 2. The van der Waals surface area contributed by atoms with Crippen LogP contribution >= 0.6 is 0 Å². The predicted octanol–water partition coefficient (Wildman–Crippen LogP) is 0.775. The van der Waals surface area contributed by atoms with Gasteiger partial charge in [-0.25, -0.2) is 4.79 Å². The second-order valence-electron chi connectivity index (χ2n) is 4.92. The molecule has 1 aromatic carbocycles. The van der Waals surface area contributed by atoms with Gasteiger partial charge in [0, 0.05) is 13.0 Å². The van der Waals surface area contributed by atoms with E-state index in [-0.39, 0.29) is 18.6 Å². The monoisotopic (exact) mass is 276 g/mol. The summed E-state index contributed by atoms with van der Waals surface area (Å²) in [7, 11) is 0. The minimum atomic E-state index is -0.557. The number of rotatable bonds is 3. The number of carbonyl (C=O) groups excluding carboxylic acids is 2. The Morgan fingerprint density at radius 3 is 2.85 bits per heavy atom. The number of benzene rings is 1. The van der Waals surface area contributed by atoms with Gasteiger partial charge in [0.25, 0.3) is 0 Å². The van der Waals surface area contributed by atoms with Gasteiger partial charge in [-0.2, -0.15) is 0 Å². The molecule has 0 aliphatic carbocycles. The number of nitrogens with zero attached hydrogens (tertiary/aromatic N) is 1. The SMILES string of the molecule is O=C1N[C@H](C(=O)N2CC[C@@H](Oc3ccccc3)C2)CO1. The molecule has 0 saturated carbocycles. The van der Waals surface area contributed by atoms with Crippen LogP contribution in [0.2, 0.25) is 0 Å². The van der Waals surface area contributed by atoms with Crippen LogP contribution in [0.3, 0.4) is 0 Å². The van der Waals surface area contributed by atoms with Crippen molar-refractivity contribution in [2.75, 3.05) is 19.7 Å². The third kappa shape index (κ3) is 2.68. The highest BCUT2D eigenvalue weighted by Gasteiger charge is 2.36. The number of hydrogen-bond donors (Lipinski definition) is 1. The Morgan fingerprint density at radius 1 is 1.35 bits per heavy atom. The first-order valence-corrected chi connectivity index (χ1v) is 6.66.